The maximum Gasteiger partial charge on any atom is 0.352 e. The number of aliphatic hydroxyl groups excluding tert-OH is 2. The second-order valence-corrected chi connectivity index (χ2v) is 6.50. The molecule has 0 aliphatic carbocycles. The molecule has 27 heavy (non-hydrogen) atoms. The zero-order chi connectivity index (χ0) is 20.6. The van der Waals surface area contributed by atoms with Crippen molar-refractivity contribution >= 4 is 11.8 Å². The number of carbonyl (C=O) groups excluding carboxylic acids is 1. The summed E-state index contributed by atoms with van der Waals surface area (Å²) in [5.74, 6) is -2.49. The van der Waals surface area contributed by atoms with Crippen molar-refractivity contribution in [3.05, 3.63) is 22.7 Å². The fourth-order valence-electron chi connectivity index (χ4n) is 2.53. The summed E-state index contributed by atoms with van der Waals surface area (Å²) < 4.78 is 25.6. The molecule has 10 nitrogen and oxygen atoms in total. The highest BCUT2D eigenvalue weighted by Crippen LogP contribution is 2.42. The SMILES string of the molecule is C#C[C@@]1(n2ccc(N)nc2=O)O[C@](F)(COC(=O)[C@@H](N)C(C)C)[C@@H](O)[C@H]1O. The average Bonchev–Trinajstić information content (AvgIpc) is 2.81. The highest BCUT2D eigenvalue weighted by Gasteiger charge is 2.65. The van der Waals surface area contributed by atoms with Crippen molar-refractivity contribution in [2.24, 2.45) is 11.7 Å². The lowest BCUT2D eigenvalue weighted by Gasteiger charge is -2.28. The Labute approximate surface area is 153 Å². The summed E-state index contributed by atoms with van der Waals surface area (Å²) in [7, 11) is 0. The van der Waals surface area contributed by atoms with Gasteiger partial charge in [0.05, 0.1) is 0 Å². The number of ether oxygens (including phenoxy) is 2. The molecule has 1 fully saturated rings. The molecule has 6 N–H and O–H groups in total. The van der Waals surface area contributed by atoms with E-state index in [9.17, 15) is 19.8 Å². The monoisotopic (exact) mass is 384 g/mol. The first kappa shape index (κ1) is 20.8. The van der Waals surface area contributed by atoms with Gasteiger partial charge < -0.3 is 26.4 Å². The van der Waals surface area contributed by atoms with E-state index in [1.165, 1.54) is 6.07 Å². The van der Waals surface area contributed by atoms with Crippen LogP contribution in [-0.4, -0.2) is 56.4 Å². The van der Waals surface area contributed by atoms with E-state index in [1.807, 2.05) is 5.92 Å². The highest BCUT2D eigenvalue weighted by molar-refractivity contribution is 5.75. The number of anilines is 1. The standard InChI is InChI=1S/C16H21FN4O6/c1-4-16(21-6-5-9(18)20-14(21)25)12(23)11(22)15(17,27-16)7-26-13(24)10(19)8(2)3/h1,5-6,8,10-12,22-23H,7,19H2,2-3H3,(H2,18,20,25)/t10-,11-,12+,15+,16+/m0/s1. The number of hydrogen-bond donors (Lipinski definition) is 4. The van der Waals surface area contributed by atoms with Crippen LogP contribution in [0, 0.1) is 18.3 Å². The summed E-state index contributed by atoms with van der Waals surface area (Å²) in [5.41, 5.74) is 7.52. The van der Waals surface area contributed by atoms with Gasteiger partial charge in [0.2, 0.25) is 5.72 Å². The predicted molar refractivity (Wildman–Crippen MR) is 90.4 cm³/mol. The number of terminal acetylenes is 1. The van der Waals surface area contributed by atoms with Gasteiger partial charge >= 0.3 is 11.7 Å². The molecule has 5 atom stereocenters. The Morgan fingerprint density at radius 2 is 2.19 bits per heavy atom. The number of alkyl halides is 1. The molecule has 0 saturated carbocycles. The molecule has 1 aliphatic heterocycles. The van der Waals surface area contributed by atoms with Crippen LogP contribution in [-0.2, 0) is 20.0 Å². The van der Waals surface area contributed by atoms with Gasteiger partial charge in [0.1, 0.15) is 24.1 Å². The van der Waals surface area contributed by atoms with Crippen molar-refractivity contribution in [1.29, 1.82) is 0 Å². The fourth-order valence-corrected chi connectivity index (χ4v) is 2.53. The minimum absolute atomic E-state index is 0.139. The Morgan fingerprint density at radius 1 is 1.56 bits per heavy atom. The number of halogens is 1. The van der Waals surface area contributed by atoms with Crippen LogP contribution < -0.4 is 17.2 Å². The summed E-state index contributed by atoms with van der Waals surface area (Å²) in [6, 6.07) is 0.140. The number of aromatic nitrogens is 2. The van der Waals surface area contributed by atoms with Crippen molar-refractivity contribution in [3.8, 4) is 12.3 Å². The lowest BCUT2D eigenvalue weighted by molar-refractivity contribution is -0.234. The first-order valence-electron chi connectivity index (χ1n) is 7.99. The molecular formula is C16H21FN4O6. The third kappa shape index (κ3) is 3.52. The van der Waals surface area contributed by atoms with E-state index in [4.69, 9.17) is 27.4 Å². The minimum Gasteiger partial charge on any atom is -0.458 e. The van der Waals surface area contributed by atoms with Gasteiger partial charge in [-0.05, 0) is 17.9 Å². The molecule has 2 heterocycles. The molecular weight excluding hydrogens is 363 g/mol. The second-order valence-electron chi connectivity index (χ2n) is 6.50. The zero-order valence-electron chi connectivity index (χ0n) is 14.7. The number of nitrogens with two attached hydrogens (primary N) is 2. The van der Waals surface area contributed by atoms with E-state index in [0.29, 0.717) is 4.57 Å². The van der Waals surface area contributed by atoms with Crippen molar-refractivity contribution in [3.63, 3.8) is 0 Å². The van der Waals surface area contributed by atoms with Crippen molar-refractivity contribution in [1.82, 2.24) is 9.55 Å². The average molecular weight is 384 g/mol. The van der Waals surface area contributed by atoms with Crippen LogP contribution in [0.25, 0.3) is 0 Å². The van der Waals surface area contributed by atoms with Crippen molar-refractivity contribution < 1.29 is 28.9 Å². The molecule has 1 aliphatic rings. The Hall–Kier alpha value is -2.52. The molecule has 0 radical (unpaired) electrons. The van der Waals surface area contributed by atoms with Crippen LogP contribution >= 0.6 is 0 Å². The van der Waals surface area contributed by atoms with Gasteiger partial charge in [0.25, 0.3) is 5.85 Å². The molecule has 0 unspecified atom stereocenters. The molecule has 0 amide bonds. The number of nitrogen functional groups attached to an aromatic ring is 1. The molecule has 148 valence electrons. The van der Waals surface area contributed by atoms with Crippen LogP contribution in [0.5, 0.6) is 0 Å². The van der Waals surface area contributed by atoms with Gasteiger partial charge in [-0.3, -0.25) is 14.1 Å². The van der Waals surface area contributed by atoms with E-state index in [0.717, 1.165) is 6.20 Å². The van der Waals surface area contributed by atoms with Gasteiger partial charge in [0.15, 0.2) is 6.61 Å². The number of aliphatic hydroxyl groups is 2. The lowest BCUT2D eigenvalue weighted by atomic mass is 10.0. The molecule has 2 rings (SSSR count). The molecule has 0 aromatic carbocycles. The molecule has 1 aromatic rings. The molecule has 0 spiro atoms. The quantitative estimate of drug-likeness (QED) is 0.334. The molecule has 1 aromatic heterocycles. The summed E-state index contributed by atoms with van der Waals surface area (Å²) in [5, 5.41) is 20.4. The van der Waals surface area contributed by atoms with Crippen LogP contribution in [0.2, 0.25) is 0 Å². The van der Waals surface area contributed by atoms with E-state index in [1.54, 1.807) is 13.8 Å². The third-order valence-electron chi connectivity index (χ3n) is 4.26. The van der Waals surface area contributed by atoms with Gasteiger partial charge in [-0.25, -0.2) is 9.18 Å². The first-order valence-corrected chi connectivity index (χ1v) is 7.99. The zero-order valence-corrected chi connectivity index (χ0v) is 14.7. The predicted octanol–water partition coefficient (Wildman–Crippen LogP) is -1.94. The first-order chi connectivity index (χ1) is 12.5. The van der Waals surface area contributed by atoms with Crippen LogP contribution in [0.4, 0.5) is 10.2 Å². The number of nitrogens with zero attached hydrogens (tertiary/aromatic N) is 2. The number of esters is 1. The summed E-state index contributed by atoms with van der Waals surface area (Å²) in [6.45, 7) is 2.21. The molecule has 1 saturated heterocycles. The van der Waals surface area contributed by atoms with E-state index in [-0.39, 0.29) is 11.7 Å². The Bertz CT molecular complexity index is 824. The maximum absolute atomic E-state index is 15.2. The topological polar surface area (TPSA) is 163 Å². The fraction of sp³-hybridized carbons (Fsp3) is 0.562. The van der Waals surface area contributed by atoms with E-state index in [2.05, 4.69) is 4.98 Å². The molecule has 0 bridgehead atoms. The summed E-state index contributed by atoms with van der Waals surface area (Å²) in [6.07, 6.45) is 2.09. The largest absolute Gasteiger partial charge is 0.458 e. The number of rotatable bonds is 5. The van der Waals surface area contributed by atoms with Gasteiger partial charge in [0, 0.05) is 6.20 Å². The van der Waals surface area contributed by atoms with Crippen molar-refractivity contribution in [2.75, 3.05) is 12.3 Å². The number of hydrogen-bond acceptors (Lipinski definition) is 9. The van der Waals surface area contributed by atoms with E-state index < -0.39 is 48.1 Å². The Kier molecular flexibility index (Phi) is 5.58. The lowest BCUT2D eigenvalue weighted by Crippen LogP contribution is -2.49. The Balaban J connectivity index is 2.33. The normalized spacial score (nSPS) is 31.5. The third-order valence-corrected chi connectivity index (χ3v) is 4.26. The maximum atomic E-state index is 15.2. The van der Waals surface area contributed by atoms with E-state index >= 15 is 4.39 Å². The minimum atomic E-state index is -3.10. The smallest absolute Gasteiger partial charge is 0.352 e. The van der Waals surface area contributed by atoms with Crippen LogP contribution in [0.1, 0.15) is 13.8 Å². The highest BCUT2D eigenvalue weighted by atomic mass is 19.2. The van der Waals surface area contributed by atoms with Crippen LogP contribution in [0.15, 0.2) is 17.1 Å². The van der Waals surface area contributed by atoms with Crippen molar-refractivity contribution in [2.45, 2.75) is 43.7 Å². The van der Waals surface area contributed by atoms with Gasteiger partial charge in [-0.2, -0.15) is 4.98 Å². The van der Waals surface area contributed by atoms with Gasteiger partial charge in [-0.1, -0.05) is 13.8 Å². The number of carbonyl (C=O) groups is 1. The summed E-state index contributed by atoms with van der Waals surface area (Å²) in [4.78, 5) is 27.3. The van der Waals surface area contributed by atoms with Crippen LogP contribution in [0.3, 0.4) is 0 Å². The van der Waals surface area contributed by atoms with Gasteiger partial charge in [-0.15, -0.1) is 6.42 Å². The Morgan fingerprint density at radius 3 is 2.70 bits per heavy atom. The summed E-state index contributed by atoms with van der Waals surface area (Å²) >= 11 is 0. The molecule has 11 heteroatoms. The second kappa shape index (κ2) is 7.24.